The van der Waals surface area contributed by atoms with Crippen molar-refractivity contribution in [2.75, 3.05) is 6.54 Å². The predicted molar refractivity (Wildman–Crippen MR) is 84.3 cm³/mol. The molecule has 0 atom stereocenters. The second-order valence-electron chi connectivity index (χ2n) is 4.75. The van der Waals surface area contributed by atoms with Crippen LogP contribution in [0.4, 0.5) is 0 Å². The van der Waals surface area contributed by atoms with E-state index in [1.165, 1.54) is 25.7 Å². The lowest BCUT2D eigenvalue weighted by Crippen LogP contribution is -2.25. The van der Waals surface area contributed by atoms with Crippen LogP contribution in [-0.4, -0.2) is 12.5 Å². The van der Waals surface area contributed by atoms with Crippen LogP contribution in [0.25, 0.3) is 6.08 Å². The largest absolute Gasteiger partial charge is 0.351 e. The van der Waals surface area contributed by atoms with E-state index in [-0.39, 0.29) is 11.5 Å². The summed E-state index contributed by atoms with van der Waals surface area (Å²) in [5.74, 6) is -0.271. The van der Waals surface area contributed by atoms with E-state index in [1.54, 1.807) is 17.4 Å². The van der Waals surface area contributed by atoms with Crippen molar-refractivity contribution in [3.05, 3.63) is 28.0 Å². The quantitative estimate of drug-likeness (QED) is 0.422. The molecule has 0 radical (unpaired) electrons. The number of nitrogens with zero attached hydrogens (tertiary/aromatic N) is 1. The van der Waals surface area contributed by atoms with Crippen molar-refractivity contribution >= 4 is 23.3 Å². The Labute approximate surface area is 125 Å². The molecule has 0 aromatic carbocycles. The van der Waals surface area contributed by atoms with Crippen LogP contribution in [-0.2, 0) is 4.79 Å². The summed E-state index contributed by atoms with van der Waals surface area (Å²) in [5, 5.41) is 15.7. The molecule has 1 N–H and O–H groups in total. The minimum atomic E-state index is -0.271. The maximum Gasteiger partial charge on any atom is 0.261 e. The van der Waals surface area contributed by atoms with Gasteiger partial charge in [-0.2, -0.15) is 16.6 Å². The summed E-state index contributed by atoms with van der Waals surface area (Å²) in [5.41, 5.74) is 1.08. The van der Waals surface area contributed by atoms with E-state index in [9.17, 15) is 4.79 Å². The third-order valence-electron chi connectivity index (χ3n) is 3.04. The number of hydrogen-bond donors (Lipinski definition) is 1. The number of rotatable bonds is 9. The summed E-state index contributed by atoms with van der Waals surface area (Å²) in [6.07, 6.45) is 8.77. The third kappa shape index (κ3) is 6.53. The van der Waals surface area contributed by atoms with Gasteiger partial charge in [-0.15, -0.1) is 0 Å². The lowest BCUT2D eigenvalue weighted by atomic mass is 10.1. The molecule has 0 aliphatic heterocycles. The van der Waals surface area contributed by atoms with Gasteiger partial charge in [-0.25, -0.2) is 0 Å². The van der Waals surface area contributed by atoms with Gasteiger partial charge < -0.3 is 5.32 Å². The van der Waals surface area contributed by atoms with Crippen molar-refractivity contribution in [3.8, 4) is 6.07 Å². The van der Waals surface area contributed by atoms with E-state index in [0.717, 1.165) is 18.4 Å². The molecule has 1 aromatic heterocycles. The fraction of sp³-hybridized carbons (Fsp3) is 0.500. The number of nitrogens with one attached hydrogen (secondary N) is 1. The van der Waals surface area contributed by atoms with E-state index < -0.39 is 0 Å². The predicted octanol–water partition coefficient (Wildman–Crippen LogP) is 4.13. The van der Waals surface area contributed by atoms with E-state index in [2.05, 4.69) is 12.2 Å². The van der Waals surface area contributed by atoms with Crippen molar-refractivity contribution in [2.24, 2.45) is 0 Å². The summed E-state index contributed by atoms with van der Waals surface area (Å²) >= 11 is 1.55. The van der Waals surface area contributed by atoms with Crippen molar-refractivity contribution in [2.45, 2.75) is 45.4 Å². The highest BCUT2D eigenvalue weighted by molar-refractivity contribution is 7.08. The smallest absolute Gasteiger partial charge is 0.261 e. The first-order valence-corrected chi connectivity index (χ1v) is 8.14. The number of amides is 1. The number of hydrogen-bond acceptors (Lipinski definition) is 3. The normalized spacial score (nSPS) is 11.1. The minimum absolute atomic E-state index is 0.175. The summed E-state index contributed by atoms with van der Waals surface area (Å²) < 4.78 is 0. The van der Waals surface area contributed by atoms with Gasteiger partial charge in [0.05, 0.1) is 0 Å². The summed E-state index contributed by atoms with van der Waals surface area (Å²) in [6, 6.07) is 3.85. The van der Waals surface area contributed by atoms with Crippen molar-refractivity contribution in [1.82, 2.24) is 5.32 Å². The van der Waals surface area contributed by atoms with Gasteiger partial charge >= 0.3 is 0 Å². The van der Waals surface area contributed by atoms with Gasteiger partial charge in [0.15, 0.2) is 0 Å². The van der Waals surface area contributed by atoms with E-state index in [0.29, 0.717) is 6.54 Å². The van der Waals surface area contributed by atoms with E-state index in [1.807, 2.05) is 22.9 Å². The molecule has 1 heterocycles. The number of carbonyl (C=O) groups is 1. The highest BCUT2D eigenvalue weighted by atomic mass is 32.1. The Kier molecular flexibility index (Phi) is 8.41. The Bertz CT molecular complexity index is 457. The Morgan fingerprint density at radius 2 is 2.10 bits per heavy atom. The van der Waals surface area contributed by atoms with Crippen LogP contribution < -0.4 is 5.32 Å². The highest BCUT2D eigenvalue weighted by Crippen LogP contribution is 2.11. The zero-order valence-corrected chi connectivity index (χ0v) is 12.8. The summed E-state index contributed by atoms with van der Waals surface area (Å²) in [7, 11) is 0. The topological polar surface area (TPSA) is 52.9 Å². The van der Waals surface area contributed by atoms with Gasteiger partial charge in [0, 0.05) is 6.54 Å². The monoisotopic (exact) mass is 290 g/mol. The fourth-order valence-electron chi connectivity index (χ4n) is 1.87. The molecule has 0 saturated carbocycles. The maximum atomic E-state index is 11.8. The molecule has 20 heavy (non-hydrogen) atoms. The zero-order valence-electron chi connectivity index (χ0n) is 12.0. The number of unbranched alkanes of at least 4 members (excludes halogenated alkanes) is 5. The molecule has 1 amide bonds. The molecule has 0 spiro atoms. The first-order valence-electron chi connectivity index (χ1n) is 7.20. The second kappa shape index (κ2) is 10.2. The van der Waals surface area contributed by atoms with Crippen LogP contribution in [0.2, 0.25) is 0 Å². The van der Waals surface area contributed by atoms with Crippen molar-refractivity contribution in [3.63, 3.8) is 0 Å². The molecule has 4 heteroatoms. The minimum Gasteiger partial charge on any atom is -0.351 e. The number of carbonyl (C=O) groups excluding carboxylic acids is 1. The standard InChI is InChI=1S/C16H22N2OS/c1-2-3-4-5-6-7-9-18-16(19)15(12-17)11-14-8-10-20-13-14/h8,10-11,13H,2-7,9H2,1H3,(H,18,19). The zero-order chi connectivity index (χ0) is 14.6. The van der Waals surface area contributed by atoms with Crippen LogP contribution in [0.5, 0.6) is 0 Å². The Balaban J connectivity index is 2.26. The van der Waals surface area contributed by atoms with Gasteiger partial charge in [0.2, 0.25) is 0 Å². The lowest BCUT2D eigenvalue weighted by Gasteiger charge is -2.04. The van der Waals surface area contributed by atoms with Gasteiger partial charge in [-0.05, 0) is 34.9 Å². The van der Waals surface area contributed by atoms with Gasteiger partial charge in [-0.1, -0.05) is 39.0 Å². The van der Waals surface area contributed by atoms with Crippen LogP contribution in [0.3, 0.4) is 0 Å². The summed E-state index contributed by atoms with van der Waals surface area (Å²) in [4.78, 5) is 11.8. The van der Waals surface area contributed by atoms with Crippen LogP contribution in [0.15, 0.2) is 22.4 Å². The SMILES string of the molecule is CCCCCCCCNC(=O)C(C#N)=Cc1ccsc1. The molecular weight excluding hydrogens is 268 g/mol. The first-order chi connectivity index (χ1) is 9.77. The molecule has 108 valence electrons. The second-order valence-corrected chi connectivity index (χ2v) is 5.53. The summed E-state index contributed by atoms with van der Waals surface area (Å²) in [6.45, 7) is 2.84. The van der Waals surface area contributed by atoms with Gasteiger partial charge in [-0.3, -0.25) is 4.79 Å². The van der Waals surface area contributed by atoms with E-state index in [4.69, 9.17) is 5.26 Å². The number of thiophene rings is 1. The van der Waals surface area contributed by atoms with Crippen molar-refractivity contribution < 1.29 is 4.79 Å². The molecule has 0 bridgehead atoms. The van der Waals surface area contributed by atoms with Crippen LogP contribution in [0.1, 0.15) is 51.0 Å². The number of nitriles is 1. The Morgan fingerprint density at radius 1 is 1.35 bits per heavy atom. The van der Waals surface area contributed by atoms with E-state index >= 15 is 0 Å². The molecule has 1 rings (SSSR count). The van der Waals surface area contributed by atoms with Crippen LogP contribution >= 0.6 is 11.3 Å². The highest BCUT2D eigenvalue weighted by Gasteiger charge is 2.07. The molecule has 0 unspecified atom stereocenters. The molecule has 3 nitrogen and oxygen atoms in total. The maximum absolute atomic E-state index is 11.8. The Morgan fingerprint density at radius 3 is 2.75 bits per heavy atom. The average molecular weight is 290 g/mol. The van der Waals surface area contributed by atoms with Crippen molar-refractivity contribution in [1.29, 1.82) is 5.26 Å². The first kappa shape index (κ1) is 16.5. The van der Waals surface area contributed by atoms with Gasteiger partial charge in [0.25, 0.3) is 5.91 Å². The fourth-order valence-corrected chi connectivity index (χ4v) is 2.49. The van der Waals surface area contributed by atoms with Gasteiger partial charge in [0.1, 0.15) is 11.6 Å². The molecular formula is C16H22N2OS. The van der Waals surface area contributed by atoms with Crippen LogP contribution in [0, 0.1) is 11.3 Å². The molecule has 0 saturated heterocycles. The Hall–Kier alpha value is -1.60. The molecule has 0 fully saturated rings. The molecule has 0 aliphatic carbocycles. The molecule has 0 aliphatic rings. The average Bonchev–Trinajstić information content (AvgIpc) is 2.96. The third-order valence-corrected chi connectivity index (χ3v) is 3.74. The lowest BCUT2D eigenvalue weighted by molar-refractivity contribution is -0.117. The molecule has 1 aromatic rings.